The van der Waals surface area contributed by atoms with Gasteiger partial charge in [0.15, 0.2) is 0 Å². The molecule has 0 fully saturated rings. The summed E-state index contributed by atoms with van der Waals surface area (Å²) in [7, 11) is 4.56. The number of amides is 3. The number of hydrogen-bond acceptors (Lipinski definition) is 9. The lowest BCUT2D eigenvalue weighted by Gasteiger charge is -2.20. The van der Waals surface area contributed by atoms with E-state index < -0.39 is 18.0 Å². The van der Waals surface area contributed by atoms with Crippen LogP contribution >= 0.6 is 11.6 Å². The lowest BCUT2D eigenvalue weighted by molar-refractivity contribution is -0.129. The van der Waals surface area contributed by atoms with Crippen LogP contribution in [0.4, 0.5) is 10.5 Å². The Morgan fingerprint density at radius 1 is 1.10 bits per heavy atom. The number of rotatable bonds is 9. The van der Waals surface area contributed by atoms with Gasteiger partial charge in [-0.3, -0.25) is 14.9 Å². The zero-order chi connectivity index (χ0) is 29.4. The van der Waals surface area contributed by atoms with Gasteiger partial charge in [0.1, 0.15) is 6.33 Å². The van der Waals surface area contributed by atoms with Gasteiger partial charge in [-0.05, 0) is 58.5 Å². The first-order chi connectivity index (χ1) is 19.7. The molecule has 0 aliphatic heterocycles. The highest BCUT2D eigenvalue weighted by molar-refractivity contribution is 6.30. The molecule has 41 heavy (non-hydrogen) atoms. The number of nitrogens with zero attached hydrogens (tertiary/aromatic N) is 7. The number of nitrogens with one attached hydrogen (secondary N) is 2. The number of carbonyl (C=O) groups excluding carboxylic acids is 3. The Balaban J connectivity index is 1.57. The van der Waals surface area contributed by atoms with Crippen LogP contribution in [0.3, 0.4) is 0 Å². The Bertz CT molecular complexity index is 1560. The first-order valence-electron chi connectivity index (χ1n) is 12.2. The van der Waals surface area contributed by atoms with Gasteiger partial charge in [0, 0.05) is 42.0 Å². The second-order valence-corrected chi connectivity index (χ2v) is 9.35. The van der Waals surface area contributed by atoms with Crippen LogP contribution in [0.5, 0.6) is 0 Å². The van der Waals surface area contributed by atoms with Crippen LogP contribution in [0.25, 0.3) is 23.0 Å². The Hall–Kier alpha value is -5.17. The van der Waals surface area contributed by atoms with Crippen molar-refractivity contribution in [3.63, 3.8) is 0 Å². The van der Waals surface area contributed by atoms with Gasteiger partial charge >= 0.3 is 6.09 Å². The number of benzene rings is 2. The number of anilines is 1. The molecule has 0 aliphatic carbocycles. The second-order valence-electron chi connectivity index (χ2n) is 8.91. The molecule has 2 aromatic heterocycles. The van der Waals surface area contributed by atoms with Gasteiger partial charge in [0.25, 0.3) is 0 Å². The van der Waals surface area contributed by atoms with E-state index in [9.17, 15) is 14.4 Å². The summed E-state index contributed by atoms with van der Waals surface area (Å²) < 4.78 is 6.06. The largest absolute Gasteiger partial charge is 0.453 e. The number of ether oxygens (including phenoxy) is 1. The van der Waals surface area contributed by atoms with E-state index >= 15 is 0 Å². The van der Waals surface area contributed by atoms with Crippen molar-refractivity contribution >= 4 is 41.3 Å². The van der Waals surface area contributed by atoms with Crippen molar-refractivity contribution in [3.05, 3.63) is 83.3 Å². The molecule has 0 bridgehead atoms. The molecule has 2 N–H and O–H groups in total. The molecule has 0 radical (unpaired) electrons. The van der Waals surface area contributed by atoms with Crippen LogP contribution in [0.1, 0.15) is 23.6 Å². The van der Waals surface area contributed by atoms with Crippen molar-refractivity contribution in [2.75, 3.05) is 26.5 Å². The minimum atomic E-state index is -0.699. The number of hydrogen-bond donors (Lipinski definition) is 2. The monoisotopic (exact) mass is 575 g/mol. The molecule has 3 amide bonds. The zero-order valence-corrected chi connectivity index (χ0v) is 23.1. The fourth-order valence-corrected chi connectivity index (χ4v) is 3.92. The van der Waals surface area contributed by atoms with Crippen LogP contribution in [0, 0.1) is 0 Å². The average Bonchev–Trinajstić information content (AvgIpc) is 3.51. The molecule has 0 spiro atoms. The summed E-state index contributed by atoms with van der Waals surface area (Å²) in [5.74, 6) is -0.632. The van der Waals surface area contributed by atoms with E-state index in [0.717, 1.165) is 5.56 Å². The van der Waals surface area contributed by atoms with Crippen LogP contribution in [-0.4, -0.2) is 74.4 Å². The summed E-state index contributed by atoms with van der Waals surface area (Å²) in [6, 6.07) is 13.1. The smallest absolute Gasteiger partial charge is 0.411 e. The highest BCUT2D eigenvalue weighted by Gasteiger charge is 2.20. The van der Waals surface area contributed by atoms with Gasteiger partial charge in [0.2, 0.25) is 11.8 Å². The minimum absolute atomic E-state index is 0.00720. The predicted molar refractivity (Wildman–Crippen MR) is 151 cm³/mol. The number of methoxy groups -OCH3 is 1. The summed E-state index contributed by atoms with van der Waals surface area (Å²) in [5.41, 5.74) is 3.60. The highest BCUT2D eigenvalue weighted by Crippen LogP contribution is 2.25. The van der Waals surface area contributed by atoms with Crippen LogP contribution in [-0.2, 0) is 14.3 Å². The molecule has 2 heterocycles. The number of tetrazole rings is 1. The zero-order valence-electron chi connectivity index (χ0n) is 22.4. The third-order valence-electron chi connectivity index (χ3n) is 5.88. The van der Waals surface area contributed by atoms with Crippen molar-refractivity contribution in [1.29, 1.82) is 0 Å². The topological polar surface area (TPSA) is 157 Å². The molecular weight excluding hydrogens is 550 g/mol. The maximum atomic E-state index is 13.1. The van der Waals surface area contributed by atoms with E-state index in [1.807, 2.05) is 0 Å². The van der Waals surface area contributed by atoms with E-state index in [1.165, 1.54) is 35.3 Å². The minimum Gasteiger partial charge on any atom is -0.453 e. The van der Waals surface area contributed by atoms with Gasteiger partial charge in [-0.1, -0.05) is 23.7 Å². The van der Waals surface area contributed by atoms with Gasteiger partial charge in [0.05, 0.1) is 37.2 Å². The van der Waals surface area contributed by atoms with Gasteiger partial charge in [-0.25, -0.2) is 4.79 Å². The maximum Gasteiger partial charge on any atom is 0.411 e. The van der Waals surface area contributed by atoms with Gasteiger partial charge in [-0.15, -0.1) is 5.10 Å². The molecule has 1 unspecified atom stereocenters. The summed E-state index contributed by atoms with van der Waals surface area (Å²) >= 11 is 6.17. The molecular formula is C27H26ClN9O4. The maximum absolute atomic E-state index is 13.1. The Labute approximate surface area is 240 Å². The van der Waals surface area contributed by atoms with Crippen LogP contribution < -0.4 is 10.6 Å². The van der Waals surface area contributed by atoms with Gasteiger partial charge in [-0.2, -0.15) is 14.9 Å². The van der Waals surface area contributed by atoms with E-state index in [4.69, 9.17) is 11.6 Å². The summed E-state index contributed by atoms with van der Waals surface area (Å²) in [5, 5.41) is 25.4. The first kappa shape index (κ1) is 28.8. The predicted octanol–water partition coefficient (Wildman–Crippen LogP) is 3.30. The Morgan fingerprint density at radius 3 is 2.56 bits per heavy atom. The quantitative estimate of drug-likeness (QED) is 0.286. The average molecular weight is 576 g/mol. The van der Waals surface area contributed by atoms with Crippen molar-refractivity contribution in [1.82, 2.24) is 40.6 Å². The lowest BCUT2D eigenvalue weighted by atomic mass is 10.0. The molecule has 0 saturated heterocycles. The standard InChI is InChI=1S/C27H26ClN9O4/c1-36(2)26(39)14-22(19-13-23(33-29-15-19)17-4-8-21(9-5-17)31-27(40)41-3)32-25(38)11-6-18-12-20(28)7-10-24(18)37-16-30-34-35-37/h4-13,15-16,22H,14H2,1-3H3,(H,31,40)(H,32,38)/b11-6+. The van der Waals surface area contributed by atoms with Crippen molar-refractivity contribution in [3.8, 4) is 16.9 Å². The van der Waals surface area contributed by atoms with Crippen molar-refractivity contribution < 1.29 is 19.1 Å². The summed E-state index contributed by atoms with van der Waals surface area (Å²) in [6.45, 7) is 0. The highest BCUT2D eigenvalue weighted by atomic mass is 35.5. The number of carbonyl (C=O) groups is 3. The SMILES string of the molecule is COC(=O)Nc1ccc(-c2cc(C(CC(=O)N(C)C)NC(=O)/C=C/c3cc(Cl)ccc3-n3cnnn3)cnn2)cc1. The summed E-state index contributed by atoms with van der Waals surface area (Å²) in [4.78, 5) is 38.6. The summed E-state index contributed by atoms with van der Waals surface area (Å²) in [6.07, 6.45) is 5.27. The second kappa shape index (κ2) is 13.3. The normalized spacial score (nSPS) is 11.6. The Kier molecular flexibility index (Phi) is 9.32. The fourth-order valence-electron chi connectivity index (χ4n) is 3.74. The van der Waals surface area contributed by atoms with Crippen LogP contribution in [0.2, 0.25) is 5.02 Å². The molecule has 14 heteroatoms. The molecule has 4 rings (SSSR count). The van der Waals surface area contributed by atoms with E-state index in [1.54, 1.807) is 68.7 Å². The number of halogens is 1. The Morgan fingerprint density at radius 2 is 1.88 bits per heavy atom. The molecule has 13 nitrogen and oxygen atoms in total. The molecule has 0 aliphatic rings. The third-order valence-corrected chi connectivity index (χ3v) is 6.12. The molecule has 0 saturated carbocycles. The molecule has 1 atom stereocenters. The van der Waals surface area contributed by atoms with E-state index in [0.29, 0.717) is 33.2 Å². The van der Waals surface area contributed by atoms with E-state index in [-0.39, 0.29) is 12.3 Å². The van der Waals surface area contributed by atoms with Gasteiger partial charge < -0.3 is 15.0 Å². The van der Waals surface area contributed by atoms with Crippen molar-refractivity contribution in [2.45, 2.75) is 12.5 Å². The molecule has 2 aromatic carbocycles. The van der Waals surface area contributed by atoms with Crippen molar-refractivity contribution in [2.24, 2.45) is 0 Å². The lowest BCUT2D eigenvalue weighted by Crippen LogP contribution is -2.32. The third kappa shape index (κ3) is 7.70. The molecule has 210 valence electrons. The number of aromatic nitrogens is 6. The van der Waals surface area contributed by atoms with Crippen LogP contribution in [0.15, 0.2) is 67.1 Å². The fraction of sp³-hybridized carbons (Fsp3) is 0.185. The molecule has 4 aromatic rings. The first-order valence-corrected chi connectivity index (χ1v) is 12.6. The van der Waals surface area contributed by atoms with E-state index in [2.05, 4.69) is 41.1 Å².